The molecule has 0 amide bonds. The summed E-state index contributed by atoms with van der Waals surface area (Å²) < 4.78 is 0. The van der Waals surface area contributed by atoms with Gasteiger partial charge in [-0.25, -0.2) is 0 Å². The summed E-state index contributed by atoms with van der Waals surface area (Å²) in [5.74, 6) is 0. The molecule has 0 aromatic rings. The lowest BCUT2D eigenvalue weighted by atomic mass is 10.1. The topological polar surface area (TPSA) is 122 Å². The van der Waals surface area contributed by atoms with Gasteiger partial charge in [-0.3, -0.25) is 0 Å². The van der Waals surface area contributed by atoms with Gasteiger partial charge < -0.3 is 23.8 Å². The van der Waals surface area contributed by atoms with Crippen molar-refractivity contribution in [3.63, 3.8) is 0 Å². The van der Waals surface area contributed by atoms with Crippen molar-refractivity contribution in [1.82, 2.24) is 12.3 Å². The van der Waals surface area contributed by atoms with Crippen LogP contribution in [-0.4, -0.2) is 12.6 Å². The second-order valence-electron chi connectivity index (χ2n) is 2.10. The Morgan fingerprint density at radius 2 is 1.80 bits per heavy atom. The monoisotopic (exact) mass is 150 g/mol. The lowest BCUT2D eigenvalue weighted by Gasteiger charge is -2.04. The van der Waals surface area contributed by atoms with Crippen molar-refractivity contribution in [3.05, 3.63) is 0 Å². The third-order valence-corrected chi connectivity index (χ3v) is 1.30. The van der Waals surface area contributed by atoms with Gasteiger partial charge in [-0.05, 0) is 25.8 Å². The Labute approximate surface area is 63.5 Å². The molecular formula is C6H22N4. The third-order valence-electron chi connectivity index (χ3n) is 1.30. The predicted octanol–water partition coefficient (Wildman–Crippen LogP) is 0.787. The molecule has 1 unspecified atom stereocenters. The Morgan fingerprint density at radius 3 is 2.10 bits per heavy atom. The minimum absolute atomic E-state index is 0. The summed E-state index contributed by atoms with van der Waals surface area (Å²) in [6.07, 6.45) is 3.21. The molecule has 10 heavy (non-hydrogen) atoms. The van der Waals surface area contributed by atoms with E-state index in [4.69, 9.17) is 11.5 Å². The number of rotatable bonds is 4. The van der Waals surface area contributed by atoms with Gasteiger partial charge in [-0.15, -0.1) is 0 Å². The van der Waals surface area contributed by atoms with Gasteiger partial charge in [-0.2, -0.15) is 0 Å². The second-order valence-corrected chi connectivity index (χ2v) is 2.10. The minimum atomic E-state index is 0. The van der Waals surface area contributed by atoms with Gasteiger partial charge in [0.1, 0.15) is 0 Å². The Morgan fingerprint density at radius 1 is 1.30 bits per heavy atom. The molecule has 0 heterocycles. The van der Waals surface area contributed by atoms with Gasteiger partial charge >= 0.3 is 0 Å². The van der Waals surface area contributed by atoms with Crippen LogP contribution in [0.2, 0.25) is 0 Å². The summed E-state index contributed by atoms with van der Waals surface area (Å²) in [7, 11) is 0. The first kappa shape index (κ1) is 16.4. The van der Waals surface area contributed by atoms with E-state index in [9.17, 15) is 0 Å². The van der Waals surface area contributed by atoms with Gasteiger partial charge in [0, 0.05) is 6.04 Å². The van der Waals surface area contributed by atoms with Gasteiger partial charge in [0.2, 0.25) is 0 Å². The lowest BCUT2D eigenvalue weighted by molar-refractivity contribution is 0.573. The van der Waals surface area contributed by atoms with Gasteiger partial charge in [0.25, 0.3) is 0 Å². The smallest absolute Gasteiger partial charge is 0.00366 e. The highest BCUT2D eigenvalue weighted by Gasteiger charge is 1.94. The maximum absolute atomic E-state index is 5.60. The van der Waals surface area contributed by atoms with E-state index in [2.05, 4.69) is 6.92 Å². The van der Waals surface area contributed by atoms with Crippen LogP contribution in [0.1, 0.15) is 26.2 Å². The molecule has 0 aliphatic heterocycles. The molecule has 0 fully saturated rings. The van der Waals surface area contributed by atoms with Crippen molar-refractivity contribution in [1.29, 1.82) is 0 Å². The van der Waals surface area contributed by atoms with E-state index in [1.807, 2.05) is 0 Å². The maximum atomic E-state index is 5.60. The molecule has 0 aliphatic carbocycles. The quantitative estimate of drug-likeness (QED) is 0.473. The maximum Gasteiger partial charge on any atom is 0.00366 e. The molecule has 0 saturated heterocycles. The summed E-state index contributed by atoms with van der Waals surface area (Å²) in [5, 5.41) is 0. The Hall–Kier alpha value is -0.160. The van der Waals surface area contributed by atoms with E-state index in [0.29, 0.717) is 6.04 Å². The zero-order chi connectivity index (χ0) is 6.41. The second kappa shape index (κ2) is 11.6. The Kier molecular flexibility index (Phi) is 19.1. The van der Waals surface area contributed by atoms with Crippen LogP contribution in [0.4, 0.5) is 0 Å². The zero-order valence-electron chi connectivity index (χ0n) is 6.97. The Bertz CT molecular complexity index is 49.0. The van der Waals surface area contributed by atoms with Crippen LogP contribution < -0.4 is 23.8 Å². The molecule has 0 spiro atoms. The molecule has 0 aromatic carbocycles. The molecule has 4 heteroatoms. The molecule has 4 nitrogen and oxygen atoms in total. The van der Waals surface area contributed by atoms with Crippen molar-refractivity contribution in [3.8, 4) is 0 Å². The van der Waals surface area contributed by atoms with Crippen molar-refractivity contribution in [2.75, 3.05) is 6.54 Å². The molecule has 0 aromatic heterocycles. The standard InChI is InChI=1S/C6H16N2.2H3N/c1-2-6(8)4-3-5-7;;/h6H,2-5,7-8H2,1H3;2*1H3. The summed E-state index contributed by atoms with van der Waals surface area (Å²) >= 11 is 0. The largest absolute Gasteiger partial charge is 0.344 e. The van der Waals surface area contributed by atoms with Crippen LogP contribution in [0.15, 0.2) is 0 Å². The lowest BCUT2D eigenvalue weighted by Crippen LogP contribution is -2.19. The fraction of sp³-hybridized carbons (Fsp3) is 1.00. The van der Waals surface area contributed by atoms with E-state index >= 15 is 0 Å². The minimum Gasteiger partial charge on any atom is -0.344 e. The van der Waals surface area contributed by atoms with Crippen molar-refractivity contribution in [2.45, 2.75) is 32.2 Å². The molecule has 0 saturated carbocycles. The first-order chi connectivity index (χ1) is 3.81. The molecular weight excluding hydrogens is 128 g/mol. The van der Waals surface area contributed by atoms with E-state index < -0.39 is 0 Å². The first-order valence-corrected chi connectivity index (χ1v) is 3.27. The first-order valence-electron chi connectivity index (χ1n) is 3.27. The van der Waals surface area contributed by atoms with E-state index in [0.717, 1.165) is 25.8 Å². The SMILES string of the molecule is CCC(N)CCCN.N.N. The van der Waals surface area contributed by atoms with Gasteiger partial charge in [-0.1, -0.05) is 6.92 Å². The van der Waals surface area contributed by atoms with Crippen LogP contribution in [0, 0.1) is 0 Å². The number of hydrogen-bond acceptors (Lipinski definition) is 4. The average molecular weight is 150 g/mol. The summed E-state index contributed by atoms with van der Waals surface area (Å²) in [5.41, 5.74) is 10.9. The van der Waals surface area contributed by atoms with E-state index in [1.54, 1.807) is 0 Å². The number of nitrogens with two attached hydrogens (primary N) is 2. The van der Waals surface area contributed by atoms with Crippen LogP contribution in [0.5, 0.6) is 0 Å². The van der Waals surface area contributed by atoms with Gasteiger partial charge in [0.05, 0.1) is 0 Å². The molecule has 0 aliphatic rings. The summed E-state index contributed by atoms with van der Waals surface area (Å²) in [4.78, 5) is 0. The normalized spacial score (nSPS) is 11.1. The van der Waals surface area contributed by atoms with E-state index in [1.165, 1.54) is 0 Å². The van der Waals surface area contributed by atoms with Crippen molar-refractivity contribution < 1.29 is 0 Å². The van der Waals surface area contributed by atoms with Crippen LogP contribution in [0.25, 0.3) is 0 Å². The fourth-order valence-corrected chi connectivity index (χ4v) is 0.584. The molecule has 0 bridgehead atoms. The highest BCUT2D eigenvalue weighted by molar-refractivity contribution is 4.57. The van der Waals surface area contributed by atoms with Crippen molar-refractivity contribution in [2.24, 2.45) is 11.5 Å². The molecule has 0 rings (SSSR count). The molecule has 1 atom stereocenters. The van der Waals surface area contributed by atoms with E-state index in [-0.39, 0.29) is 12.3 Å². The average Bonchev–Trinajstić information content (AvgIpc) is 1.83. The van der Waals surface area contributed by atoms with Crippen LogP contribution in [-0.2, 0) is 0 Å². The fourth-order valence-electron chi connectivity index (χ4n) is 0.584. The van der Waals surface area contributed by atoms with Crippen LogP contribution >= 0.6 is 0 Å². The summed E-state index contributed by atoms with van der Waals surface area (Å²) in [6.45, 7) is 2.87. The predicted molar refractivity (Wildman–Crippen MR) is 46.6 cm³/mol. The highest BCUT2D eigenvalue weighted by atomic mass is 14.6. The van der Waals surface area contributed by atoms with Crippen LogP contribution in [0.3, 0.4) is 0 Å². The highest BCUT2D eigenvalue weighted by Crippen LogP contribution is 1.95. The molecule has 0 radical (unpaired) electrons. The Balaban J connectivity index is -0.000000245. The number of hydrogen-bond donors (Lipinski definition) is 4. The van der Waals surface area contributed by atoms with Gasteiger partial charge in [0.15, 0.2) is 0 Å². The van der Waals surface area contributed by atoms with Crippen molar-refractivity contribution >= 4 is 0 Å². The zero-order valence-corrected chi connectivity index (χ0v) is 6.97. The molecule has 10 N–H and O–H groups in total. The molecule has 66 valence electrons. The summed E-state index contributed by atoms with van der Waals surface area (Å²) in [6, 6.07) is 0.374. The third kappa shape index (κ3) is 10.8.